The number of nitrogens with zero attached hydrogens (tertiary/aromatic N) is 1. The largest absolute Gasteiger partial charge is 0.481 e. The maximum atomic E-state index is 12.9. The van der Waals surface area contributed by atoms with E-state index in [0.717, 1.165) is 6.07 Å². The van der Waals surface area contributed by atoms with Crippen LogP contribution in [0.3, 0.4) is 0 Å². The van der Waals surface area contributed by atoms with Gasteiger partial charge in [0, 0.05) is 4.92 Å². The minimum Gasteiger partial charge on any atom is -0.481 e. The number of carbonyl (C=O) groups is 1. The molecule has 0 aliphatic heterocycles. The summed E-state index contributed by atoms with van der Waals surface area (Å²) in [6.07, 6.45) is -0.384. The van der Waals surface area contributed by atoms with Crippen LogP contribution in [0.5, 0.6) is 0 Å². The number of halogens is 1. The minimum atomic E-state index is -1.14. The van der Waals surface area contributed by atoms with E-state index >= 15 is 0 Å². The van der Waals surface area contributed by atoms with Crippen molar-refractivity contribution in [3.63, 3.8) is 0 Å². The number of benzene rings is 1. The Bertz CT molecular complexity index is 392. The highest BCUT2D eigenvalue weighted by atomic mass is 19.1. The van der Waals surface area contributed by atoms with Gasteiger partial charge in [-0.15, -0.1) is 0 Å². The lowest BCUT2D eigenvalue weighted by Crippen LogP contribution is -2.16. The minimum absolute atomic E-state index is 0.333. The van der Waals surface area contributed by atoms with Gasteiger partial charge in [0.2, 0.25) is 6.54 Å². The van der Waals surface area contributed by atoms with Crippen molar-refractivity contribution in [2.45, 2.75) is 12.3 Å². The Balaban J connectivity index is 2.90. The fraction of sp³-hybridized carbons (Fsp3) is 0.300. The number of nitro groups is 1. The summed E-state index contributed by atoms with van der Waals surface area (Å²) in [6.45, 7) is -0.518. The second-order valence-corrected chi connectivity index (χ2v) is 3.37. The molecule has 0 aliphatic carbocycles. The number of aliphatic carboxylic acids is 1. The first-order chi connectivity index (χ1) is 7.49. The smallest absolute Gasteiger partial charge is 0.304 e. The molecule has 0 aromatic heterocycles. The number of carboxylic acids is 1. The fourth-order valence-electron chi connectivity index (χ4n) is 1.44. The van der Waals surface area contributed by atoms with Crippen LogP contribution in [-0.2, 0) is 4.79 Å². The standard InChI is InChI=1S/C10H10FNO4/c11-9-3-1-2-7(4-9)8(5-10(13)14)6-12(15)16/h1-4,8H,5-6H2,(H,13,14)/t8-/m1/s1. The van der Waals surface area contributed by atoms with Crippen molar-refractivity contribution in [3.05, 3.63) is 45.8 Å². The number of rotatable bonds is 5. The van der Waals surface area contributed by atoms with Crippen molar-refractivity contribution in [1.29, 1.82) is 0 Å². The van der Waals surface area contributed by atoms with Gasteiger partial charge in [-0.2, -0.15) is 0 Å². The van der Waals surface area contributed by atoms with Gasteiger partial charge in [-0.25, -0.2) is 4.39 Å². The molecule has 0 spiro atoms. The molecule has 1 aromatic carbocycles. The van der Waals surface area contributed by atoms with Crippen molar-refractivity contribution in [1.82, 2.24) is 0 Å². The number of hydrogen-bond acceptors (Lipinski definition) is 3. The van der Waals surface area contributed by atoms with Crippen LogP contribution in [0.1, 0.15) is 17.9 Å². The second kappa shape index (κ2) is 5.20. The van der Waals surface area contributed by atoms with Crippen LogP contribution in [0.25, 0.3) is 0 Å². The summed E-state index contributed by atoms with van der Waals surface area (Å²) in [5, 5.41) is 19.0. The van der Waals surface area contributed by atoms with Gasteiger partial charge >= 0.3 is 5.97 Å². The molecular formula is C10H10FNO4. The van der Waals surface area contributed by atoms with Crippen molar-refractivity contribution < 1.29 is 19.2 Å². The van der Waals surface area contributed by atoms with E-state index in [4.69, 9.17) is 5.11 Å². The Morgan fingerprint density at radius 2 is 2.25 bits per heavy atom. The fourth-order valence-corrected chi connectivity index (χ4v) is 1.44. The predicted molar refractivity (Wildman–Crippen MR) is 53.3 cm³/mol. The highest BCUT2D eigenvalue weighted by Crippen LogP contribution is 2.20. The molecule has 0 saturated carbocycles. The summed E-state index contributed by atoms with van der Waals surface area (Å²) >= 11 is 0. The van der Waals surface area contributed by atoms with Gasteiger partial charge in [0.05, 0.1) is 12.3 Å². The molecule has 0 unspecified atom stereocenters. The van der Waals surface area contributed by atoms with Crippen LogP contribution in [0.4, 0.5) is 4.39 Å². The molecule has 0 bridgehead atoms. The Kier molecular flexibility index (Phi) is 3.93. The summed E-state index contributed by atoms with van der Waals surface area (Å²) in [6, 6.07) is 5.21. The third-order valence-electron chi connectivity index (χ3n) is 2.11. The van der Waals surface area contributed by atoms with Crippen LogP contribution >= 0.6 is 0 Å². The molecule has 1 aromatic rings. The zero-order chi connectivity index (χ0) is 12.1. The molecule has 0 heterocycles. The van der Waals surface area contributed by atoms with E-state index in [1.165, 1.54) is 18.2 Å². The average Bonchev–Trinajstić information content (AvgIpc) is 2.15. The number of carboxylic acid groups (broad SMARTS) is 1. The SMILES string of the molecule is O=C(O)C[C@H](C[N+](=O)[O-])c1cccc(F)c1. The maximum absolute atomic E-state index is 12.9. The van der Waals surface area contributed by atoms with Crippen LogP contribution in [-0.4, -0.2) is 22.5 Å². The molecule has 6 heteroatoms. The van der Waals surface area contributed by atoms with Crippen molar-refractivity contribution in [2.24, 2.45) is 0 Å². The summed E-state index contributed by atoms with van der Waals surface area (Å²) in [4.78, 5) is 20.3. The first kappa shape index (κ1) is 12.1. The van der Waals surface area contributed by atoms with Gasteiger partial charge in [-0.05, 0) is 17.7 Å². The second-order valence-electron chi connectivity index (χ2n) is 3.37. The molecule has 86 valence electrons. The lowest BCUT2D eigenvalue weighted by molar-refractivity contribution is -0.483. The topological polar surface area (TPSA) is 80.4 Å². The van der Waals surface area contributed by atoms with E-state index in [-0.39, 0.29) is 6.42 Å². The normalized spacial score (nSPS) is 12.1. The quantitative estimate of drug-likeness (QED) is 0.612. The summed E-state index contributed by atoms with van der Waals surface area (Å²) < 4.78 is 12.9. The Hall–Kier alpha value is -1.98. The highest BCUT2D eigenvalue weighted by Gasteiger charge is 2.21. The molecule has 1 rings (SSSR count). The number of hydrogen-bond donors (Lipinski definition) is 1. The van der Waals surface area contributed by atoms with Crippen LogP contribution in [0.15, 0.2) is 24.3 Å². The molecule has 1 N–H and O–H groups in total. The van der Waals surface area contributed by atoms with Crippen molar-refractivity contribution in [2.75, 3.05) is 6.54 Å². The third kappa shape index (κ3) is 3.64. The Morgan fingerprint density at radius 1 is 1.56 bits per heavy atom. The van der Waals surface area contributed by atoms with Gasteiger partial charge in [-0.3, -0.25) is 14.9 Å². The van der Waals surface area contributed by atoms with E-state index in [2.05, 4.69) is 0 Å². The molecule has 0 amide bonds. The van der Waals surface area contributed by atoms with E-state index in [1.54, 1.807) is 0 Å². The summed E-state index contributed by atoms with van der Waals surface area (Å²) in [5.74, 6) is -2.48. The van der Waals surface area contributed by atoms with Crippen LogP contribution in [0.2, 0.25) is 0 Å². The Morgan fingerprint density at radius 3 is 2.75 bits per heavy atom. The lowest BCUT2D eigenvalue weighted by atomic mass is 9.96. The average molecular weight is 227 g/mol. The summed E-state index contributed by atoms with van der Waals surface area (Å²) in [5.41, 5.74) is 0.333. The molecule has 0 fully saturated rings. The van der Waals surface area contributed by atoms with Crippen LogP contribution < -0.4 is 0 Å². The van der Waals surface area contributed by atoms with Crippen LogP contribution in [0, 0.1) is 15.9 Å². The maximum Gasteiger partial charge on any atom is 0.304 e. The van der Waals surface area contributed by atoms with Crippen molar-refractivity contribution >= 4 is 5.97 Å². The van der Waals surface area contributed by atoms with Gasteiger partial charge in [-0.1, -0.05) is 12.1 Å². The monoisotopic (exact) mass is 227 g/mol. The molecule has 5 nitrogen and oxygen atoms in total. The first-order valence-corrected chi connectivity index (χ1v) is 4.58. The summed E-state index contributed by atoms with van der Waals surface area (Å²) in [7, 11) is 0. The molecule has 0 saturated heterocycles. The molecule has 0 aliphatic rings. The first-order valence-electron chi connectivity index (χ1n) is 4.58. The third-order valence-corrected chi connectivity index (χ3v) is 2.11. The van der Waals surface area contributed by atoms with E-state index in [0.29, 0.717) is 5.56 Å². The zero-order valence-electron chi connectivity index (χ0n) is 8.30. The van der Waals surface area contributed by atoms with E-state index in [9.17, 15) is 19.3 Å². The molecule has 16 heavy (non-hydrogen) atoms. The van der Waals surface area contributed by atoms with Gasteiger partial charge in [0.15, 0.2) is 0 Å². The van der Waals surface area contributed by atoms with Crippen molar-refractivity contribution in [3.8, 4) is 0 Å². The van der Waals surface area contributed by atoms with E-state index in [1.807, 2.05) is 0 Å². The zero-order valence-corrected chi connectivity index (χ0v) is 8.30. The van der Waals surface area contributed by atoms with E-state index < -0.39 is 29.2 Å². The highest BCUT2D eigenvalue weighted by molar-refractivity contribution is 5.68. The molecular weight excluding hydrogens is 217 g/mol. The Labute approximate surface area is 90.7 Å². The molecule has 1 atom stereocenters. The van der Waals surface area contributed by atoms with Gasteiger partial charge in [0.25, 0.3) is 0 Å². The lowest BCUT2D eigenvalue weighted by Gasteiger charge is -2.10. The molecule has 0 radical (unpaired) electrons. The predicted octanol–water partition coefficient (Wildman–Crippen LogP) is 1.66. The van der Waals surface area contributed by atoms with Gasteiger partial charge in [0.1, 0.15) is 5.82 Å². The van der Waals surface area contributed by atoms with Gasteiger partial charge < -0.3 is 5.11 Å².